The van der Waals surface area contributed by atoms with Gasteiger partial charge in [-0.1, -0.05) is 48.5 Å². The number of ether oxygens (including phenoxy) is 2. The normalized spacial score (nSPS) is 14.2. The quantitative estimate of drug-likeness (QED) is 0.551. The molecule has 0 spiro atoms. The molecule has 3 aromatic carbocycles. The highest BCUT2D eigenvalue weighted by Crippen LogP contribution is 2.18. The van der Waals surface area contributed by atoms with Crippen LogP contribution in [0, 0.1) is 0 Å². The minimum Gasteiger partial charge on any atom is -0.489 e. The maximum atomic E-state index is 13.4. The van der Waals surface area contributed by atoms with Crippen molar-refractivity contribution in [3.8, 4) is 5.75 Å². The smallest absolute Gasteiger partial charge is 0.258 e. The Balaban J connectivity index is 1.42. The Kier molecular flexibility index (Phi) is 7.32. The number of anilines is 1. The highest BCUT2D eigenvalue weighted by Gasteiger charge is 2.19. The molecule has 0 unspecified atom stereocenters. The molecular weight excluding hydrogens is 388 g/mol. The summed E-state index contributed by atoms with van der Waals surface area (Å²) in [5.41, 5.74) is 2.62. The standard InChI is InChI=1S/C26H28N2O3/c29-26(23-13-11-22(12-14-23)21-31-25-9-5-2-6-10-25)28(24-7-3-1-4-8-24)16-15-27-17-19-30-20-18-27/h1-14H,15-21H2. The van der Waals surface area contributed by atoms with Gasteiger partial charge in [0.1, 0.15) is 12.4 Å². The van der Waals surface area contributed by atoms with E-state index < -0.39 is 0 Å². The van der Waals surface area contributed by atoms with Gasteiger partial charge in [0.15, 0.2) is 0 Å². The fraction of sp³-hybridized carbons (Fsp3) is 0.269. The highest BCUT2D eigenvalue weighted by atomic mass is 16.5. The van der Waals surface area contributed by atoms with E-state index in [9.17, 15) is 4.79 Å². The van der Waals surface area contributed by atoms with Crippen LogP contribution in [0.15, 0.2) is 84.9 Å². The van der Waals surface area contributed by atoms with Crippen molar-refractivity contribution in [1.29, 1.82) is 0 Å². The van der Waals surface area contributed by atoms with Crippen LogP contribution in [0.5, 0.6) is 5.75 Å². The predicted molar refractivity (Wildman–Crippen MR) is 123 cm³/mol. The summed E-state index contributed by atoms with van der Waals surface area (Å²) in [5, 5.41) is 0. The van der Waals surface area contributed by atoms with E-state index >= 15 is 0 Å². The van der Waals surface area contributed by atoms with Crippen molar-refractivity contribution in [2.75, 3.05) is 44.3 Å². The van der Waals surface area contributed by atoms with Crippen LogP contribution in [0.25, 0.3) is 0 Å². The van der Waals surface area contributed by atoms with E-state index in [1.807, 2.05) is 89.8 Å². The second-order valence-electron chi connectivity index (χ2n) is 7.55. The minimum atomic E-state index is 0.00925. The van der Waals surface area contributed by atoms with Gasteiger partial charge in [0.05, 0.1) is 13.2 Å². The number of carbonyl (C=O) groups is 1. The number of morpholine rings is 1. The summed E-state index contributed by atoms with van der Waals surface area (Å²) in [6.07, 6.45) is 0. The van der Waals surface area contributed by atoms with Gasteiger partial charge in [-0.15, -0.1) is 0 Å². The van der Waals surface area contributed by atoms with Crippen LogP contribution in [-0.2, 0) is 11.3 Å². The van der Waals surface area contributed by atoms with Gasteiger partial charge in [0.25, 0.3) is 5.91 Å². The van der Waals surface area contributed by atoms with Crippen molar-refractivity contribution in [1.82, 2.24) is 4.90 Å². The third-order valence-corrected chi connectivity index (χ3v) is 5.41. The Morgan fingerprint density at radius 3 is 2.19 bits per heavy atom. The second kappa shape index (κ2) is 10.8. The molecule has 1 heterocycles. The Morgan fingerprint density at radius 2 is 1.52 bits per heavy atom. The molecule has 0 bridgehead atoms. The minimum absolute atomic E-state index is 0.00925. The molecule has 1 aliphatic heterocycles. The zero-order valence-corrected chi connectivity index (χ0v) is 17.7. The molecule has 0 aromatic heterocycles. The summed E-state index contributed by atoms with van der Waals surface area (Å²) in [6, 6.07) is 27.3. The lowest BCUT2D eigenvalue weighted by Gasteiger charge is -2.30. The molecule has 4 rings (SSSR count). The summed E-state index contributed by atoms with van der Waals surface area (Å²) in [5.74, 6) is 0.844. The lowest BCUT2D eigenvalue weighted by Crippen LogP contribution is -2.43. The molecule has 1 fully saturated rings. The number of nitrogens with zero attached hydrogens (tertiary/aromatic N) is 2. The Morgan fingerprint density at radius 1 is 0.871 bits per heavy atom. The number of hydrogen-bond acceptors (Lipinski definition) is 4. The van der Waals surface area contributed by atoms with Crippen LogP contribution >= 0.6 is 0 Å². The van der Waals surface area contributed by atoms with Gasteiger partial charge in [-0.25, -0.2) is 0 Å². The average molecular weight is 417 g/mol. The van der Waals surface area contributed by atoms with Gasteiger partial charge in [-0.2, -0.15) is 0 Å². The zero-order chi connectivity index (χ0) is 21.3. The highest BCUT2D eigenvalue weighted by molar-refractivity contribution is 6.06. The van der Waals surface area contributed by atoms with E-state index in [2.05, 4.69) is 4.90 Å². The number of carbonyl (C=O) groups excluding carboxylic acids is 1. The number of amides is 1. The SMILES string of the molecule is O=C(c1ccc(COc2ccccc2)cc1)N(CCN1CCOCC1)c1ccccc1. The number of rotatable bonds is 8. The molecule has 5 heteroatoms. The van der Waals surface area contributed by atoms with Gasteiger partial charge in [0.2, 0.25) is 0 Å². The first-order valence-corrected chi connectivity index (χ1v) is 10.7. The van der Waals surface area contributed by atoms with Crippen LogP contribution in [0.3, 0.4) is 0 Å². The molecule has 1 aliphatic rings. The maximum Gasteiger partial charge on any atom is 0.258 e. The molecule has 0 radical (unpaired) electrons. The van der Waals surface area contributed by atoms with Crippen molar-refractivity contribution in [3.63, 3.8) is 0 Å². The molecule has 0 aliphatic carbocycles. The van der Waals surface area contributed by atoms with E-state index in [1.165, 1.54) is 0 Å². The summed E-state index contributed by atoms with van der Waals surface area (Å²) in [7, 11) is 0. The van der Waals surface area contributed by atoms with Crippen molar-refractivity contribution < 1.29 is 14.3 Å². The average Bonchev–Trinajstić information content (AvgIpc) is 2.85. The van der Waals surface area contributed by atoms with E-state index in [4.69, 9.17) is 9.47 Å². The second-order valence-corrected chi connectivity index (χ2v) is 7.55. The summed E-state index contributed by atoms with van der Waals surface area (Å²) < 4.78 is 11.2. The molecule has 0 saturated carbocycles. The topological polar surface area (TPSA) is 42.0 Å². The fourth-order valence-corrected chi connectivity index (χ4v) is 3.60. The van der Waals surface area contributed by atoms with E-state index in [1.54, 1.807) is 0 Å². The Labute approximate surface area is 183 Å². The zero-order valence-electron chi connectivity index (χ0n) is 17.7. The van der Waals surface area contributed by atoms with Crippen LogP contribution in [0.2, 0.25) is 0 Å². The van der Waals surface area contributed by atoms with Gasteiger partial charge < -0.3 is 14.4 Å². The molecule has 31 heavy (non-hydrogen) atoms. The maximum absolute atomic E-state index is 13.4. The largest absolute Gasteiger partial charge is 0.489 e. The van der Waals surface area contributed by atoms with Gasteiger partial charge >= 0.3 is 0 Å². The van der Waals surface area contributed by atoms with Crippen LogP contribution < -0.4 is 9.64 Å². The molecule has 1 amide bonds. The molecule has 160 valence electrons. The molecule has 5 nitrogen and oxygen atoms in total. The first-order valence-electron chi connectivity index (χ1n) is 10.7. The van der Waals surface area contributed by atoms with Gasteiger partial charge in [-0.05, 0) is 42.0 Å². The van der Waals surface area contributed by atoms with Crippen molar-refractivity contribution in [2.24, 2.45) is 0 Å². The molecule has 3 aromatic rings. The lowest BCUT2D eigenvalue weighted by atomic mass is 10.1. The van der Waals surface area contributed by atoms with E-state index in [-0.39, 0.29) is 5.91 Å². The summed E-state index contributed by atoms with van der Waals surface area (Å²) in [6.45, 7) is 5.27. The Hall–Kier alpha value is -3.15. The monoisotopic (exact) mass is 416 g/mol. The van der Waals surface area contributed by atoms with Gasteiger partial charge in [-0.3, -0.25) is 9.69 Å². The molecule has 0 N–H and O–H groups in total. The third-order valence-electron chi connectivity index (χ3n) is 5.41. The van der Waals surface area contributed by atoms with Crippen molar-refractivity contribution in [2.45, 2.75) is 6.61 Å². The molecular formula is C26H28N2O3. The number of benzene rings is 3. The summed E-state index contributed by atoms with van der Waals surface area (Å²) in [4.78, 5) is 17.6. The summed E-state index contributed by atoms with van der Waals surface area (Å²) >= 11 is 0. The van der Waals surface area contributed by atoms with Crippen LogP contribution in [-0.4, -0.2) is 50.2 Å². The lowest BCUT2D eigenvalue weighted by molar-refractivity contribution is 0.0391. The van der Waals surface area contributed by atoms with Crippen molar-refractivity contribution >= 4 is 11.6 Å². The van der Waals surface area contributed by atoms with Crippen molar-refractivity contribution in [3.05, 3.63) is 96.1 Å². The first-order chi connectivity index (χ1) is 15.3. The van der Waals surface area contributed by atoms with Gasteiger partial charge in [0, 0.05) is 37.4 Å². The van der Waals surface area contributed by atoms with E-state index in [0.717, 1.165) is 49.8 Å². The van der Waals surface area contributed by atoms with Crippen LogP contribution in [0.1, 0.15) is 15.9 Å². The number of para-hydroxylation sites is 2. The Bertz CT molecular complexity index is 939. The first kappa shape index (κ1) is 21.1. The van der Waals surface area contributed by atoms with E-state index in [0.29, 0.717) is 18.7 Å². The predicted octanol–water partition coefficient (Wildman–Crippen LogP) is 4.24. The number of hydrogen-bond donors (Lipinski definition) is 0. The van der Waals surface area contributed by atoms with Crippen LogP contribution in [0.4, 0.5) is 5.69 Å². The fourth-order valence-electron chi connectivity index (χ4n) is 3.60. The molecule has 0 atom stereocenters. The molecule has 1 saturated heterocycles. The third kappa shape index (κ3) is 5.94.